The normalized spacial score (nSPS) is 16.9. The summed E-state index contributed by atoms with van der Waals surface area (Å²) in [5.74, 6) is -0.642. The summed E-state index contributed by atoms with van der Waals surface area (Å²) < 4.78 is 12.1. The van der Waals surface area contributed by atoms with E-state index in [2.05, 4.69) is 48.9 Å². The van der Waals surface area contributed by atoms with Gasteiger partial charge in [0.15, 0.2) is 5.67 Å². The number of aliphatic hydroxyl groups is 1. The van der Waals surface area contributed by atoms with Gasteiger partial charge in [-0.15, -0.1) is 11.3 Å². The molecular weight excluding hydrogens is 507 g/mol. The highest BCUT2D eigenvalue weighted by molar-refractivity contribution is 7.13. The van der Waals surface area contributed by atoms with Crippen LogP contribution in [0, 0.1) is 12.3 Å². The molecular formula is C28H43FN4O4S. The van der Waals surface area contributed by atoms with Crippen molar-refractivity contribution in [2.75, 3.05) is 13.1 Å². The van der Waals surface area contributed by atoms with Crippen molar-refractivity contribution in [2.45, 2.75) is 85.5 Å². The topological polar surface area (TPSA) is 126 Å². The number of aliphatic hydroxyl groups excluding tert-OH is 1. The molecule has 4 rings (SSSR count). The van der Waals surface area contributed by atoms with E-state index < -0.39 is 11.6 Å². The van der Waals surface area contributed by atoms with Gasteiger partial charge in [-0.05, 0) is 42.7 Å². The Balaban J connectivity index is 0.000000294. The molecule has 1 saturated carbocycles. The van der Waals surface area contributed by atoms with E-state index in [1.165, 1.54) is 10.4 Å². The number of nitrogens with one attached hydrogen (secondary N) is 1. The van der Waals surface area contributed by atoms with Gasteiger partial charge in [0.05, 0.1) is 22.2 Å². The van der Waals surface area contributed by atoms with Gasteiger partial charge >= 0.3 is 0 Å². The van der Waals surface area contributed by atoms with Crippen LogP contribution in [0.15, 0.2) is 29.8 Å². The van der Waals surface area contributed by atoms with E-state index in [-0.39, 0.29) is 17.4 Å². The molecule has 1 aliphatic carbocycles. The summed E-state index contributed by atoms with van der Waals surface area (Å²) in [6, 6.07) is 8.15. The SMILES string of the molecule is CC.CC(C)(C)CC(=O)N1CCC(O)C1.Cc1ncsc1-c1ccc(CNC=O)cc1.NC(=O)C1(F)CC1. The van der Waals surface area contributed by atoms with Gasteiger partial charge in [-0.25, -0.2) is 9.37 Å². The molecule has 1 aliphatic heterocycles. The van der Waals surface area contributed by atoms with Crippen LogP contribution >= 0.6 is 11.3 Å². The van der Waals surface area contributed by atoms with Crippen LogP contribution in [0.5, 0.6) is 0 Å². The first-order chi connectivity index (χ1) is 17.8. The van der Waals surface area contributed by atoms with Crippen molar-refractivity contribution in [1.82, 2.24) is 15.2 Å². The fourth-order valence-electron chi connectivity index (χ4n) is 3.40. The minimum Gasteiger partial charge on any atom is -0.391 e. The number of nitrogens with two attached hydrogens (primary N) is 1. The number of halogens is 1. The lowest BCUT2D eigenvalue weighted by Crippen LogP contribution is -2.32. The number of β-amino-alcohol motifs (C(OH)–C–C–N with tert-alkyl or cyclic N) is 1. The largest absolute Gasteiger partial charge is 0.391 e. The number of hydrogen-bond acceptors (Lipinski definition) is 6. The Kier molecular flexibility index (Phi) is 13.6. The molecule has 1 aromatic heterocycles. The van der Waals surface area contributed by atoms with E-state index in [1.54, 1.807) is 16.2 Å². The third-order valence-corrected chi connectivity index (χ3v) is 6.66. The summed E-state index contributed by atoms with van der Waals surface area (Å²) in [7, 11) is 0. The molecule has 1 unspecified atom stereocenters. The Morgan fingerprint density at radius 2 is 1.87 bits per heavy atom. The van der Waals surface area contributed by atoms with Gasteiger partial charge in [-0.2, -0.15) is 0 Å². The second-order valence-electron chi connectivity index (χ2n) is 10.3. The Labute approximate surface area is 229 Å². The molecule has 2 heterocycles. The summed E-state index contributed by atoms with van der Waals surface area (Å²) >= 11 is 1.64. The molecule has 1 aromatic carbocycles. The molecule has 4 N–H and O–H groups in total. The Hall–Kier alpha value is -2.85. The maximum Gasteiger partial charge on any atom is 0.255 e. The second kappa shape index (κ2) is 15.5. The average molecular weight is 551 g/mol. The third-order valence-electron chi connectivity index (χ3n) is 5.68. The van der Waals surface area contributed by atoms with Gasteiger partial charge in [-0.3, -0.25) is 14.4 Å². The molecule has 0 radical (unpaired) electrons. The number of amides is 3. The van der Waals surface area contributed by atoms with Crippen LogP contribution in [0.2, 0.25) is 0 Å². The zero-order valence-corrected chi connectivity index (χ0v) is 24.2. The number of nitrogens with zero attached hydrogens (tertiary/aromatic N) is 2. The molecule has 1 saturated heterocycles. The van der Waals surface area contributed by atoms with Gasteiger partial charge in [0.25, 0.3) is 5.91 Å². The molecule has 38 heavy (non-hydrogen) atoms. The Morgan fingerprint density at radius 3 is 2.24 bits per heavy atom. The van der Waals surface area contributed by atoms with Gasteiger partial charge in [0.2, 0.25) is 12.3 Å². The number of carbonyl (C=O) groups excluding carboxylic acids is 3. The molecule has 0 bridgehead atoms. The molecule has 8 nitrogen and oxygen atoms in total. The number of primary amides is 1. The lowest BCUT2D eigenvalue weighted by atomic mass is 9.92. The van der Waals surface area contributed by atoms with Crippen LogP contribution in [-0.4, -0.2) is 58.1 Å². The van der Waals surface area contributed by atoms with Crippen LogP contribution < -0.4 is 11.1 Å². The highest BCUT2D eigenvalue weighted by atomic mass is 32.1. The minimum absolute atomic E-state index is 0.0463. The van der Waals surface area contributed by atoms with Crippen molar-refractivity contribution < 1.29 is 23.9 Å². The first kappa shape index (κ1) is 33.2. The molecule has 10 heteroatoms. The van der Waals surface area contributed by atoms with Crippen molar-refractivity contribution in [3.63, 3.8) is 0 Å². The zero-order valence-electron chi connectivity index (χ0n) is 23.4. The number of rotatable bonds is 6. The molecule has 2 fully saturated rings. The van der Waals surface area contributed by atoms with Crippen LogP contribution in [0.4, 0.5) is 4.39 Å². The third kappa shape index (κ3) is 11.7. The number of benzene rings is 1. The number of hydrogen-bond donors (Lipinski definition) is 3. The molecule has 0 spiro atoms. The summed E-state index contributed by atoms with van der Waals surface area (Å²) in [6.45, 7) is 14.0. The Morgan fingerprint density at radius 1 is 1.26 bits per heavy atom. The van der Waals surface area contributed by atoms with Crippen molar-refractivity contribution in [3.8, 4) is 10.4 Å². The van der Waals surface area contributed by atoms with E-state index in [0.29, 0.717) is 38.8 Å². The van der Waals surface area contributed by atoms with Crippen molar-refractivity contribution in [3.05, 3.63) is 41.0 Å². The highest BCUT2D eigenvalue weighted by Gasteiger charge is 2.49. The van der Waals surface area contributed by atoms with Gasteiger partial charge < -0.3 is 21.1 Å². The fraction of sp³-hybridized carbons (Fsp3) is 0.571. The molecule has 1 atom stereocenters. The van der Waals surface area contributed by atoms with Crippen molar-refractivity contribution >= 4 is 29.6 Å². The van der Waals surface area contributed by atoms with E-state index in [9.17, 15) is 23.9 Å². The summed E-state index contributed by atoms with van der Waals surface area (Å²) in [6.07, 6.45) is 2.35. The van der Waals surface area contributed by atoms with Gasteiger partial charge in [0, 0.05) is 26.1 Å². The van der Waals surface area contributed by atoms with Gasteiger partial charge in [0.1, 0.15) is 0 Å². The predicted octanol–water partition coefficient (Wildman–Crippen LogP) is 4.38. The predicted molar refractivity (Wildman–Crippen MR) is 150 cm³/mol. The molecule has 212 valence electrons. The smallest absolute Gasteiger partial charge is 0.255 e. The maximum absolute atomic E-state index is 12.1. The minimum atomic E-state index is -1.61. The van der Waals surface area contributed by atoms with Crippen molar-refractivity contribution in [1.29, 1.82) is 0 Å². The molecule has 3 amide bonds. The van der Waals surface area contributed by atoms with E-state index in [1.807, 2.05) is 38.4 Å². The monoisotopic (exact) mass is 550 g/mol. The number of likely N-dealkylation sites (tertiary alicyclic amines) is 1. The Bertz CT molecular complexity index is 1020. The van der Waals surface area contributed by atoms with Gasteiger partial charge in [-0.1, -0.05) is 58.9 Å². The van der Waals surface area contributed by atoms with Crippen LogP contribution in [0.25, 0.3) is 10.4 Å². The van der Waals surface area contributed by atoms with Crippen molar-refractivity contribution in [2.24, 2.45) is 11.1 Å². The number of thiazole rings is 1. The molecule has 2 aromatic rings. The van der Waals surface area contributed by atoms with Crippen LogP contribution in [0.3, 0.4) is 0 Å². The second-order valence-corrected chi connectivity index (χ2v) is 11.2. The number of aryl methyl sites for hydroxylation is 1. The first-order valence-electron chi connectivity index (χ1n) is 13.0. The fourth-order valence-corrected chi connectivity index (χ4v) is 4.21. The van der Waals surface area contributed by atoms with E-state index >= 15 is 0 Å². The lowest BCUT2D eigenvalue weighted by molar-refractivity contribution is -0.132. The van der Waals surface area contributed by atoms with E-state index in [0.717, 1.165) is 24.2 Å². The standard InChI is InChI=1S/C12H12N2OS.C10H19NO2.C4H6FNO.C2H6/c1-9-12(16-8-14-9)11-4-2-10(3-5-11)6-13-7-15;1-10(2,3)6-9(13)11-5-4-8(12)7-11;5-4(1-2-4)3(6)7;1-2/h2-5,7-8H,6H2,1H3,(H,13,15);8,12H,4-7H2,1-3H3;1-2H2,(H2,6,7);1-2H3. The first-order valence-corrected chi connectivity index (χ1v) is 13.8. The zero-order chi connectivity index (χ0) is 28.9. The number of aromatic nitrogens is 1. The summed E-state index contributed by atoms with van der Waals surface area (Å²) in [4.78, 5) is 38.9. The summed E-state index contributed by atoms with van der Waals surface area (Å²) in [5, 5.41) is 11.9. The van der Waals surface area contributed by atoms with E-state index in [4.69, 9.17) is 0 Å². The quantitative estimate of drug-likeness (QED) is 0.460. The number of carbonyl (C=O) groups is 3. The lowest BCUT2D eigenvalue weighted by Gasteiger charge is -2.22. The number of alkyl halides is 1. The highest BCUT2D eigenvalue weighted by Crippen LogP contribution is 2.38. The molecule has 2 aliphatic rings. The average Bonchev–Trinajstić information content (AvgIpc) is 3.25. The maximum atomic E-state index is 12.1. The van der Waals surface area contributed by atoms with Crippen LogP contribution in [0.1, 0.15) is 71.6 Å². The summed E-state index contributed by atoms with van der Waals surface area (Å²) in [5.41, 5.74) is 8.24. The van der Waals surface area contributed by atoms with Crippen LogP contribution in [-0.2, 0) is 20.9 Å².